The van der Waals surface area contributed by atoms with Crippen LogP contribution in [0.3, 0.4) is 0 Å². The first kappa shape index (κ1) is 17.2. The van der Waals surface area contributed by atoms with E-state index in [2.05, 4.69) is 39.5 Å². The van der Waals surface area contributed by atoms with E-state index in [0.29, 0.717) is 12.0 Å². The molecule has 0 radical (unpaired) electrons. The third-order valence-corrected chi connectivity index (χ3v) is 4.76. The second-order valence-electron chi connectivity index (χ2n) is 5.67. The standard InChI is InChI=1S/C16H28N2OS/c1-6-8-9-10-18(12(3)4)16-17-15(13(5)7-2)14(11-19)20-16/h11-13H,6-10H2,1-5H3. The minimum atomic E-state index is 0.352. The first-order chi connectivity index (χ1) is 9.54. The van der Waals surface area contributed by atoms with Crippen molar-refractivity contribution >= 4 is 22.8 Å². The third kappa shape index (κ3) is 4.30. The molecular weight excluding hydrogens is 268 g/mol. The molecule has 114 valence electrons. The summed E-state index contributed by atoms with van der Waals surface area (Å²) in [6.45, 7) is 11.9. The lowest BCUT2D eigenvalue weighted by Crippen LogP contribution is -2.31. The van der Waals surface area contributed by atoms with Crippen LogP contribution in [0.15, 0.2) is 0 Å². The van der Waals surface area contributed by atoms with Gasteiger partial charge in [0, 0.05) is 12.6 Å². The fourth-order valence-corrected chi connectivity index (χ4v) is 3.35. The number of carbonyl (C=O) groups is 1. The number of carbonyl (C=O) groups excluding carboxylic acids is 1. The summed E-state index contributed by atoms with van der Waals surface area (Å²) < 4.78 is 0. The number of anilines is 1. The zero-order valence-corrected chi connectivity index (χ0v) is 14.3. The maximum absolute atomic E-state index is 11.3. The maximum atomic E-state index is 11.3. The minimum absolute atomic E-state index is 0.352. The van der Waals surface area contributed by atoms with Gasteiger partial charge in [-0.25, -0.2) is 4.98 Å². The Morgan fingerprint density at radius 3 is 2.45 bits per heavy atom. The number of aromatic nitrogens is 1. The van der Waals surface area contributed by atoms with Gasteiger partial charge in [-0.15, -0.1) is 0 Å². The SMILES string of the molecule is CCCCCN(c1nc(C(C)CC)c(C=O)s1)C(C)C. The molecule has 0 amide bonds. The number of rotatable bonds is 9. The van der Waals surface area contributed by atoms with Crippen molar-refractivity contribution in [3.8, 4) is 0 Å². The molecule has 0 aliphatic carbocycles. The third-order valence-electron chi connectivity index (χ3n) is 3.73. The van der Waals surface area contributed by atoms with Crippen LogP contribution in [0, 0.1) is 0 Å². The number of hydrogen-bond donors (Lipinski definition) is 0. The molecule has 1 unspecified atom stereocenters. The largest absolute Gasteiger partial charge is 0.346 e. The normalized spacial score (nSPS) is 12.7. The predicted octanol–water partition coefficient (Wildman–Crippen LogP) is 4.87. The van der Waals surface area contributed by atoms with Gasteiger partial charge in [-0.3, -0.25) is 4.79 Å². The van der Waals surface area contributed by atoms with Crippen LogP contribution in [0.1, 0.15) is 81.6 Å². The summed E-state index contributed by atoms with van der Waals surface area (Å²) in [5.41, 5.74) is 0.976. The maximum Gasteiger partial charge on any atom is 0.186 e. The van der Waals surface area contributed by atoms with E-state index in [-0.39, 0.29) is 0 Å². The zero-order valence-electron chi connectivity index (χ0n) is 13.5. The number of hydrogen-bond acceptors (Lipinski definition) is 4. The summed E-state index contributed by atoms with van der Waals surface area (Å²) >= 11 is 1.54. The van der Waals surface area contributed by atoms with E-state index in [1.807, 2.05) is 0 Å². The molecule has 20 heavy (non-hydrogen) atoms. The second-order valence-corrected chi connectivity index (χ2v) is 6.68. The summed E-state index contributed by atoms with van der Waals surface area (Å²) in [5.74, 6) is 0.352. The fourth-order valence-electron chi connectivity index (χ4n) is 2.19. The first-order valence-electron chi connectivity index (χ1n) is 7.77. The highest BCUT2D eigenvalue weighted by atomic mass is 32.1. The predicted molar refractivity (Wildman–Crippen MR) is 88.2 cm³/mol. The van der Waals surface area contributed by atoms with Crippen LogP contribution in [0.25, 0.3) is 0 Å². The van der Waals surface area contributed by atoms with Crippen LogP contribution < -0.4 is 4.90 Å². The van der Waals surface area contributed by atoms with Crippen LogP contribution in [0.4, 0.5) is 5.13 Å². The Hall–Kier alpha value is -0.900. The Balaban J connectivity index is 2.96. The van der Waals surface area contributed by atoms with Gasteiger partial charge in [-0.2, -0.15) is 0 Å². The van der Waals surface area contributed by atoms with Crippen molar-refractivity contribution in [3.63, 3.8) is 0 Å². The monoisotopic (exact) mass is 296 g/mol. The Bertz CT molecular complexity index is 415. The Morgan fingerprint density at radius 1 is 1.25 bits per heavy atom. The van der Waals surface area contributed by atoms with Crippen molar-refractivity contribution in [2.45, 2.75) is 72.3 Å². The smallest absolute Gasteiger partial charge is 0.186 e. The molecule has 0 aromatic carbocycles. The van der Waals surface area contributed by atoms with Gasteiger partial charge >= 0.3 is 0 Å². The molecule has 1 aromatic heterocycles. The average Bonchev–Trinajstić information content (AvgIpc) is 2.86. The van der Waals surface area contributed by atoms with Crippen molar-refractivity contribution in [1.29, 1.82) is 0 Å². The van der Waals surface area contributed by atoms with E-state index in [4.69, 9.17) is 4.98 Å². The molecule has 1 heterocycles. The van der Waals surface area contributed by atoms with Crippen molar-refractivity contribution in [2.75, 3.05) is 11.4 Å². The second kappa shape index (κ2) is 8.40. The molecule has 1 atom stereocenters. The van der Waals surface area contributed by atoms with Crippen molar-refractivity contribution in [2.24, 2.45) is 0 Å². The van der Waals surface area contributed by atoms with E-state index < -0.39 is 0 Å². The van der Waals surface area contributed by atoms with Gasteiger partial charge in [0.05, 0.1) is 10.6 Å². The highest BCUT2D eigenvalue weighted by molar-refractivity contribution is 7.17. The van der Waals surface area contributed by atoms with E-state index in [9.17, 15) is 4.79 Å². The summed E-state index contributed by atoms with van der Waals surface area (Å²) in [7, 11) is 0. The molecule has 0 saturated heterocycles. The van der Waals surface area contributed by atoms with Gasteiger partial charge in [0.1, 0.15) is 0 Å². The van der Waals surface area contributed by atoms with Gasteiger partial charge in [0.25, 0.3) is 0 Å². The van der Waals surface area contributed by atoms with Crippen LogP contribution in [-0.4, -0.2) is 23.9 Å². The molecule has 0 bridgehead atoms. The fraction of sp³-hybridized carbons (Fsp3) is 0.750. The molecule has 4 heteroatoms. The minimum Gasteiger partial charge on any atom is -0.346 e. The average molecular weight is 296 g/mol. The summed E-state index contributed by atoms with van der Waals surface area (Å²) in [6.07, 6.45) is 5.63. The molecule has 0 fully saturated rings. The summed E-state index contributed by atoms with van der Waals surface area (Å²) in [4.78, 5) is 19.2. The van der Waals surface area contributed by atoms with Crippen LogP contribution in [-0.2, 0) is 0 Å². The van der Waals surface area contributed by atoms with Gasteiger partial charge in [0.15, 0.2) is 11.4 Å². The molecule has 3 nitrogen and oxygen atoms in total. The Morgan fingerprint density at radius 2 is 1.95 bits per heavy atom. The highest BCUT2D eigenvalue weighted by Crippen LogP contribution is 2.32. The highest BCUT2D eigenvalue weighted by Gasteiger charge is 2.20. The molecule has 1 rings (SSSR count). The molecule has 0 spiro atoms. The van der Waals surface area contributed by atoms with Gasteiger partial charge in [0.2, 0.25) is 0 Å². The lowest BCUT2D eigenvalue weighted by atomic mass is 10.0. The lowest BCUT2D eigenvalue weighted by Gasteiger charge is -2.26. The Labute approximate surface area is 127 Å². The summed E-state index contributed by atoms with van der Waals surface area (Å²) in [6, 6.07) is 0.419. The number of aldehydes is 1. The van der Waals surface area contributed by atoms with Crippen LogP contribution >= 0.6 is 11.3 Å². The first-order valence-corrected chi connectivity index (χ1v) is 8.59. The van der Waals surface area contributed by atoms with Crippen molar-refractivity contribution in [1.82, 2.24) is 4.98 Å². The van der Waals surface area contributed by atoms with Crippen LogP contribution in [0.2, 0.25) is 0 Å². The topological polar surface area (TPSA) is 33.2 Å². The lowest BCUT2D eigenvalue weighted by molar-refractivity contribution is 0.112. The molecule has 0 aliphatic heterocycles. The molecule has 0 N–H and O–H groups in total. The molecule has 0 saturated carbocycles. The molecule has 0 aliphatic rings. The molecular formula is C16H28N2OS. The van der Waals surface area contributed by atoms with Crippen molar-refractivity contribution < 1.29 is 4.79 Å². The van der Waals surface area contributed by atoms with E-state index in [1.165, 1.54) is 19.3 Å². The zero-order chi connectivity index (χ0) is 15.1. The van der Waals surface area contributed by atoms with Crippen LogP contribution in [0.5, 0.6) is 0 Å². The van der Waals surface area contributed by atoms with E-state index in [1.54, 1.807) is 11.3 Å². The number of nitrogens with zero attached hydrogens (tertiary/aromatic N) is 2. The van der Waals surface area contributed by atoms with Gasteiger partial charge in [-0.05, 0) is 32.6 Å². The summed E-state index contributed by atoms with van der Waals surface area (Å²) in [5, 5.41) is 1.01. The van der Waals surface area contributed by atoms with Gasteiger partial charge < -0.3 is 4.90 Å². The Kier molecular flexibility index (Phi) is 7.20. The molecule has 1 aromatic rings. The van der Waals surface area contributed by atoms with Crippen molar-refractivity contribution in [3.05, 3.63) is 10.6 Å². The van der Waals surface area contributed by atoms with Gasteiger partial charge in [-0.1, -0.05) is 44.9 Å². The van der Waals surface area contributed by atoms with E-state index >= 15 is 0 Å². The number of unbranched alkanes of at least 4 members (excludes halogenated alkanes) is 2. The van der Waals surface area contributed by atoms with E-state index in [0.717, 1.165) is 35.0 Å². The number of thiazole rings is 1. The quantitative estimate of drug-likeness (QED) is 0.481.